The number of nitrogens with zero attached hydrogens (tertiary/aromatic N) is 1. The molecule has 0 bridgehead atoms. The maximum absolute atomic E-state index is 14.4. The normalized spacial score (nSPS) is 23.1. The molecule has 1 aliphatic rings. The number of halogens is 5. The number of nitrogens with two attached hydrogens (primary N) is 2. The number of aldehydes is 1. The zero-order valence-electron chi connectivity index (χ0n) is 20.2. The molecule has 1 aromatic heterocycles. The molecule has 4 atom stereocenters. The first kappa shape index (κ1) is 30.2. The molecule has 1 aromatic carbocycles. The van der Waals surface area contributed by atoms with Crippen molar-refractivity contribution in [1.82, 2.24) is 4.98 Å². The number of hydrogen-bond acceptors (Lipinski definition) is 9. The third-order valence-corrected chi connectivity index (χ3v) is 6.29. The molecule has 9 nitrogen and oxygen atoms in total. The molecule has 0 aliphatic carbocycles. The van der Waals surface area contributed by atoms with Crippen molar-refractivity contribution in [3.8, 4) is 5.75 Å². The van der Waals surface area contributed by atoms with Crippen molar-refractivity contribution >= 4 is 35.8 Å². The molecule has 15 heteroatoms. The number of benzene rings is 1. The fourth-order valence-corrected chi connectivity index (χ4v) is 4.28. The number of aromatic nitrogens is 1. The Morgan fingerprint density at radius 2 is 1.92 bits per heavy atom. The minimum atomic E-state index is -4.90. The molecule has 6 N–H and O–H groups in total. The minimum Gasteiger partial charge on any atom is -0.493 e. The van der Waals surface area contributed by atoms with Crippen molar-refractivity contribution in [3.63, 3.8) is 0 Å². The summed E-state index contributed by atoms with van der Waals surface area (Å²) in [5, 5.41) is 7.72. The Hall–Kier alpha value is -3.01. The van der Waals surface area contributed by atoms with Crippen molar-refractivity contribution in [2.75, 3.05) is 24.2 Å². The molecule has 0 saturated carbocycles. The van der Waals surface area contributed by atoms with Gasteiger partial charge in [-0.3, -0.25) is 14.7 Å². The highest BCUT2D eigenvalue weighted by Crippen LogP contribution is 2.55. The standard InChI is InChI=1S/C21H21F5N4O4S.CH5N/c1-9-15(12-4-5-13(22)16(23)17(12)33-3)18(34-20(9,2)21(24,25)26)19(32)29-10-6-11(8-31)28-14(7-10)30-35-27;1-2/h4-9,15,18H,27H2,1-3H3,(H2,28,29,30,32);2H2,1H3/t9?,15?,18-,20-;/m1./s1. The molecule has 2 heterocycles. The fraction of sp³-hybridized carbons (Fsp3) is 0.409. The van der Waals surface area contributed by atoms with Crippen molar-refractivity contribution in [2.24, 2.45) is 16.8 Å². The smallest absolute Gasteiger partial charge is 0.417 e. The number of pyridine rings is 1. The first-order valence-electron chi connectivity index (χ1n) is 10.6. The Bertz CT molecular complexity index is 1140. The number of carbonyl (C=O) groups is 2. The van der Waals surface area contributed by atoms with Gasteiger partial charge in [-0.1, -0.05) is 13.0 Å². The van der Waals surface area contributed by atoms with Crippen LogP contribution in [-0.4, -0.2) is 49.2 Å². The number of alkyl halides is 3. The number of anilines is 2. The molecule has 1 aliphatic heterocycles. The molecule has 1 amide bonds. The van der Waals surface area contributed by atoms with Crippen LogP contribution in [0.15, 0.2) is 24.3 Å². The third-order valence-electron chi connectivity index (χ3n) is 5.97. The Kier molecular flexibility index (Phi) is 9.82. The lowest BCUT2D eigenvalue weighted by Crippen LogP contribution is -2.47. The van der Waals surface area contributed by atoms with Gasteiger partial charge in [0.1, 0.15) is 17.6 Å². The van der Waals surface area contributed by atoms with E-state index in [4.69, 9.17) is 14.6 Å². The van der Waals surface area contributed by atoms with Crippen LogP contribution in [0.3, 0.4) is 0 Å². The van der Waals surface area contributed by atoms with Gasteiger partial charge in [-0.15, -0.1) is 0 Å². The summed E-state index contributed by atoms with van der Waals surface area (Å²) in [6, 6.07) is 4.27. The molecule has 1 saturated heterocycles. The van der Waals surface area contributed by atoms with Gasteiger partial charge in [0, 0.05) is 41.3 Å². The molecule has 204 valence electrons. The van der Waals surface area contributed by atoms with E-state index < -0.39 is 53.0 Å². The van der Waals surface area contributed by atoms with Crippen LogP contribution in [-0.2, 0) is 9.53 Å². The van der Waals surface area contributed by atoms with Crippen LogP contribution in [0.2, 0.25) is 0 Å². The predicted molar refractivity (Wildman–Crippen MR) is 128 cm³/mol. The molecule has 0 radical (unpaired) electrons. The second-order valence-corrected chi connectivity index (χ2v) is 8.37. The minimum absolute atomic E-state index is 0.0107. The van der Waals surface area contributed by atoms with E-state index >= 15 is 0 Å². The van der Waals surface area contributed by atoms with Crippen molar-refractivity contribution in [1.29, 1.82) is 0 Å². The number of amides is 1. The van der Waals surface area contributed by atoms with Crippen LogP contribution < -0.4 is 25.6 Å². The lowest BCUT2D eigenvalue weighted by Gasteiger charge is -2.32. The quantitative estimate of drug-likeness (QED) is 0.230. The largest absolute Gasteiger partial charge is 0.493 e. The highest BCUT2D eigenvalue weighted by molar-refractivity contribution is 7.98. The third kappa shape index (κ3) is 5.95. The van der Waals surface area contributed by atoms with Crippen LogP contribution in [0.1, 0.15) is 35.8 Å². The summed E-state index contributed by atoms with van der Waals surface area (Å²) < 4.78 is 83.1. The number of rotatable bonds is 7. The summed E-state index contributed by atoms with van der Waals surface area (Å²) >= 11 is 0.663. The van der Waals surface area contributed by atoms with Gasteiger partial charge in [-0.25, -0.2) is 9.37 Å². The van der Waals surface area contributed by atoms with Gasteiger partial charge in [0.25, 0.3) is 5.91 Å². The van der Waals surface area contributed by atoms with Gasteiger partial charge in [0.15, 0.2) is 23.5 Å². The van der Waals surface area contributed by atoms with E-state index in [1.807, 2.05) is 0 Å². The Balaban J connectivity index is 0.00000235. The number of nitrogens with one attached hydrogen (secondary N) is 2. The molecule has 37 heavy (non-hydrogen) atoms. The second kappa shape index (κ2) is 12.0. The van der Waals surface area contributed by atoms with Gasteiger partial charge in [-0.2, -0.15) is 17.6 Å². The van der Waals surface area contributed by atoms with Gasteiger partial charge < -0.3 is 25.2 Å². The monoisotopic (exact) mass is 551 g/mol. The summed E-state index contributed by atoms with van der Waals surface area (Å²) in [6.45, 7) is 1.98. The summed E-state index contributed by atoms with van der Waals surface area (Å²) in [5.41, 5.74) is 1.44. The maximum atomic E-state index is 14.4. The van der Waals surface area contributed by atoms with E-state index in [-0.39, 0.29) is 22.8 Å². The Morgan fingerprint density at radius 3 is 2.46 bits per heavy atom. The number of ether oxygens (including phenoxy) is 2. The lowest BCUT2D eigenvalue weighted by atomic mass is 9.77. The summed E-state index contributed by atoms with van der Waals surface area (Å²) in [7, 11) is 2.53. The first-order chi connectivity index (χ1) is 17.4. The summed E-state index contributed by atoms with van der Waals surface area (Å²) in [5.74, 6) is -7.02. The van der Waals surface area contributed by atoms with Gasteiger partial charge in [0.2, 0.25) is 5.82 Å². The van der Waals surface area contributed by atoms with E-state index in [1.54, 1.807) is 0 Å². The average Bonchev–Trinajstić information content (AvgIpc) is 3.13. The molecular weight excluding hydrogens is 525 g/mol. The van der Waals surface area contributed by atoms with E-state index in [1.165, 1.54) is 26.1 Å². The van der Waals surface area contributed by atoms with Crippen molar-refractivity contribution < 1.29 is 41.0 Å². The van der Waals surface area contributed by atoms with Crippen LogP contribution in [0.4, 0.5) is 33.5 Å². The zero-order valence-corrected chi connectivity index (χ0v) is 21.0. The average molecular weight is 552 g/mol. The number of methoxy groups -OCH3 is 1. The Morgan fingerprint density at radius 1 is 1.27 bits per heavy atom. The zero-order chi connectivity index (χ0) is 28.1. The van der Waals surface area contributed by atoms with Crippen LogP contribution in [0.25, 0.3) is 0 Å². The Labute approximate surface area is 213 Å². The van der Waals surface area contributed by atoms with Gasteiger partial charge >= 0.3 is 6.18 Å². The summed E-state index contributed by atoms with van der Waals surface area (Å²) in [6.07, 6.45) is -6.29. The second-order valence-electron chi connectivity index (χ2n) is 7.93. The highest BCUT2D eigenvalue weighted by atomic mass is 32.2. The van der Waals surface area contributed by atoms with Crippen LogP contribution in [0, 0.1) is 17.6 Å². The molecule has 3 rings (SSSR count). The van der Waals surface area contributed by atoms with Crippen molar-refractivity contribution in [3.05, 3.63) is 47.2 Å². The SMILES string of the molecule is CN.COc1c(C2C(C)[C@](C)(C(F)(F)F)O[C@H]2C(=O)Nc2cc(C=O)nc(NSN)c2)ccc(F)c1F. The molecule has 2 aromatic rings. The van der Waals surface area contributed by atoms with E-state index in [0.29, 0.717) is 18.4 Å². The number of carbonyl (C=O) groups excluding carboxylic acids is 2. The molecule has 1 fully saturated rings. The molecular formula is C22H26F5N5O4S. The van der Waals surface area contributed by atoms with E-state index in [0.717, 1.165) is 26.2 Å². The maximum Gasteiger partial charge on any atom is 0.417 e. The number of hydrogen-bond donors (Lipinski definition) is 4. The van der Waals surface area contributed by atoms with E-state index in [2.05, 4.69) is 20.8 Å². The predicted octanol–water partition coefficient (Wildman–Crippen LogP) is 3.77. The molecule has 2 unspecified atom stereocenters. The van der Waals surface area contributed by atoms with E-state index in [9.17, 15) is 31.5 Å². The highest BCUT2D eigenvalue weighted by Gasteiger charge is 2.65. The fourth-order valence-electron chi connectivity index (χ4n) is 4.05. The first-order valence-corrected chi connectivity index (χ1v) is 11.5. The van der Waals surface area contributed by atoms with Crippen LogP contribution in [0.5, 0.6) is 5.75 Å². The van der Waals surface area contributed by atoms with Crippen LogP contribution >= 0.6 is 12.1 Å². The lowest BCUT2D eigenvalue weighted by molar-refractivity contribution is -0.272. The van der Waals surface area contributed by atoms with Gasteiger partial charge in [0.05, 0.1) is 7.11 Å². The topological polar surface area (TPSA) is 142 Å². The summed E-state index contributed by atoms with van der Waals surface area (Å²) in [4.78, 5) is 28.3. The van der Waals surface area contributed by atoms with Gasteiger partial charge in [-0.05, 0) is 26.1 Å². The molecule has 0 spiro atoms. The van der Waals surface area contributed by atoms with Crippen molar-refractivity contribution in [2.45, 2.75) is 37.6 Å².